The summed E-state index contributed by atoms with van der Waals surface area (Å²) in [7, 11) is 0. The van der Waals surface area contributed by atoms with Crippen LogP contribution in [-0.4, -0.2) is 23.6 Å². The van der Waals surface area contributed by atoms with Gasteiger partial charge in [0, 0.05) is 34.1 Å². The summed E-state index contributed by atoms with van der Waals surface area (Å²) in [4.78, 5) is 12.0. The highest BCUT2D eigenvalue weighted by atomic mass is 35.5. The Hall–Kier alpha value is -0.810. The summed E-state index contributed by atoms with van der Waals surface area (Å²) in [6.45, 7) is 0.0913. The molecule has 0 spiro atoms. The Morgan fingerprint density at radius 1 is 1.40 bits per heavy atom. The lowest BCUT2D eigenvalue weighted by molar-refractivity contribution is -0.125. The van der Waals surface area contributed by atoms with Gasteiger partial charge in [0.2, 0.25) is 5.91 Å². The van der Waals surface area contributed by atoms with Crippen LogP contribution in [0.3, 0.4) is 0 Å². The van der Waals surface area contributed by atoms with Crippen LogP contribution in [-0.2, 0) is 4.79 Å². The van der Waals surface area contributed by atoms with Crippen LogP contribution in [0.25, 0.3) is 0 Å². The molecule has 0 saturated heterocycles. The highest BCUT2D eigenvalue weighted by Gasteiger charge is 2.28. The minimum atomic E-state index is -0.921. The molecule has 1 aromatic rings. The summed E-state index contributed by atoms with van der Waals surface area (Å²) in [5, 5.41) is 13.6. The van der Waals surface area contributed by atoms with Gasteiger partial charge in [0.25, 0.3) is 0 Å². The fourth-order valence-corrected chi connectivity index (χ4v) is 3.18. The number of nitrogens with one attached hydrogen (secondary N) is 1. The lowest BCUT2D eigenvalue weighted by Gasteiger charge is -2.17. The lowest BCUT2D eigenvalue weighted by atomic mass is 10.1. The van der Waals surface area contributed by atoms with Gasteiger partial charge in [-0.2, -0.15) is 0 Å². The van der Waals surface area contributed by atoms with Crippen molar-refractivity contribution in [2.45, 2.75) is 31.4 Å². The molecule has 6 heteroatoms. The van der Waals surface area contributed by atoms with Crippen LogP contribution in [0.1, 0.15) is 30.9 Å². The van der Waals surface area contributed by atoms with Crippen molar-refractivity contribution >= 4 is 29.1 Å². The zero-order valence-electron chi connectivity index (χ0n) is 11.0. The quantitative estimate of drug-likeness (QED) is 0.797. The SMILES string of the molecule is N[C@@H]1CC[C@H](C(=O)NC[C@H](O)c2c(Cl)cccc2Cl)C1. The molecule has 4 N–H and O–H groups in total. The van der Waals surface area contributed by atoms with Crippen LogP contribution in [0.4, 0.5) is 0 Å². The molecular formula is C14H18Cl2N2O2. The number of nitrogens with two attached hydrogens (primary N) is 1. The van der Waals surface area contributed by atoms with Crippen LogP contribution >= 0.6 is 23.2 Å². The minimum absolute atomic E-state index is 0.0566. The molecule has 2 rings (SSSR count). The number of benzene rings is 1. The second-order valence-electron chi connectivity index (χ2n) is 5.17. The van der Waals surface area contributed by atoms with E-state index in [9.17, 15) is 9.90 Å². The Morgan fingerprint density at radius 2 is 2.05 bits per heavy atom. The molecule has 0 heterocycles. The van der Waals surface area contributed by atoms with E-state index in [2.05, 4.69) is 5.32 Å². The van der Waals surface area contributed by atoms with Gasteiger partial charge in [0.1, 0.15) is 0 Å². The summed E-state index contributed by atoms with van der Waals surface area (Å²) in [6, 6.07) is 5.13. The summed E-state index contributed by atoms with van der Waals surface area (Å²) in [5.74, 6) is -0.126. The highest BCUT2D eigenvalue weighted by Crippen LogP contribution is 2.30. The molecule has 3 atom stereocenters. The third-order valence-corrected chi connectivity index (χ3v) is 4.31. The van der Waals surface area contributed by atoms with Crippen LogP contribution < -0.4 is 11.1 Å². The third kappa shape index (κ3) is 3.64. The van der Waals surface area contributed by atoms with Gasteiger partial charge in [-0.1, -0.05) is 29.3 Å². The predicted molar refractivity (Wildman–Crippen MR) is 79.7 cm³/mol. The van der Waals surface area contributed by atoms with E-state index in [1.54, 1.807) is 18.2 Å². The van der Waals surface area contributed by atoms with Crippen LogP contribution in [0.15, 0.2) is 18.2 Å². The van der Waals surface area contributed by atoms with Crippen molar-refractivity contribution in [2.75, 3.05) is 6.54 Å². The average molecular weight is 317 g/mol. The maximum absolute atomic E-state index is 12.0. The molecule has 1 saturated carbocycles. The zero-order valence-corrected chi connectivity index (χ0v) is 12.5. The van der Waals surface area contributed by atoms with Gasteiger partial charge in [-0.15, -0.1) is 0 Å². The first-order valence-electron chi connectivity index (χ1n) is 6.64. The molecule has 0 bridgehead atoms. The second-order valence-corrected chi connectivity index (χ2v) is 5.98. The van der Waals surface area contributed by atoms with E-state index in [-0.39, 0.29) is 24.4 Å². The van der Waals surface area contributed by atoms with E-state index in [0.29, 0.717) is 22.0 Å². The zero-order chi connectivity index (χ0) is 14.7. The average Bonchev–Trinajstić information content (AvgIpc) is 2.82. The summed E-state index contributed by atoms with van der Waals surface area (Å²) < 4.78 is 0. The first-order valence-corrected chi connectivity index (χ1v) is 7.40. The number of aliphatic hydroxyl groups excluding tert-OH is 1. The van der Waals surface area contributed by atoms with Crippen LogP contribution in [0, 0.1) is 5.92 Å². The number of hydrogen-bond acceptors (Lipinski definition) is 3. The monoisotopic (exact) mass is 316 g/mol. The smallest absolute Gasteiger partial charge is 0.223 e. The predicted octanol–water partition coefficient (Wildman–Crippen LogP) is 2.27. The number of carbonyl (C=O) groups excluding carboxylic acids is 1. The van der Waals surface area contributed by atoms with Crippen molar-refractivity contribution < 1.29 is 9.90 Å². The van der Waals surface area contributed by atoms with E-state index in [1.807, 2.05) is 0 Å². The first-order chi connectivity index (χ1) is 9.49. The van der Waals surface area contributed by atoms with Crippen molar-refractivity contribution in [3.63, 3.8) is 0 Å². The Labute approximate surface area is 128 Å². The normalized spacial score (nSPS) is 23.6. The molecular weight excluding hydrogens is 299 g/mol. The Bertz CT molecular complexity index is 476. The molecule has 0 aromatic heterocycles. The molecule has 20 heavy (non-hydrogen) atoms. The molecule has 4 nitrogen and oxygen atoms in total. The second kappa shape index (κ2) is 6.76. The number of rotatable bonds is 4. The van der Waals surface area contributed by atoms with Gasteiger partial charge in [-0.05, 0) is 31.4 Å². The standard InChI is InChI=1S/C14H18Cl2N2O2/c15-10-2-1-3-11(16)13(10)12(19)7-18-14(20)8-4-5-9(17)6-8/h1-3,8-9,12,19H,4-7,17H2,(H,18,20)/t8-,9+,12-/m0/s1. The molecule has 1 fully saturated rings. The maximum atomic E-state index is 12.0. The molecule has 1 aromatic carbocycles. The fraction of sp³-hybridized carbons (Fsp3) is 0.500. The van der Waals surface area contributed by atoms with Crippen molar-refractivity contribution in [1.29, 1.82) is 0 Å². The number of aliphatic hydroxyl groups is 1. The van der Waals surface area contributed by atoms with E-state index >= 15 is 0 Å². The Balaban J connectivity index is 1.92. The first kappa shape index (κ1) is 15.6. The Kier molecular flexibility index (Phi) is 5.27. The van der Waals surface area contributed by atoms with Gasteiger partial charge >= 0.3 is 0 Å². The van der Waals surface area contributed by atoms with E-state index in [1.165, 1.54) is 0 Å². The maximum Gasteiger partial charge on any atom is 0.223 e. The number of hydrogen-bond donors (Lipinski definition) is 3. The molecule has 0 unspecified atom stereocenters. The summed E-state index contributed by atoms with van der Waals surface area (Å²) in [6.07, 6.45) is 1.46. The van der Waals surface area contributed by atoms with Crippen molar-refractivity contribution in [1.82, 2.24) is 5.32 Å². The van der Waals surface area contributed by atoms with Crippen molar-refractivity contribution in [3.8, 4) is 0 Å². The summed E-state index contributed by atoms with van der Waals surface area (Å²) >= 11 is 12.0. The number of carbonyl (C=O) groups is 1. The van der Waals surface area contributed by atoms with E-state index < -0.39 is 6.10 Å². The van der Waals surface area contributed by atoms with Crippen molar-refractivity contribution in [3.05, 3.63) is 33.8 Å². The fourth-order valence-electron chi connectivity index (χ4n) is 2.53. The minimum Gasteiger partial charge on any atom is -0.386 e. The van der Waals surface area contributed by atoms with Gasteiger partial charge < -0.3 is 16.2 Å². The highest BCUT2D eigenvalue weighted by molar-refractivity contribution is 6.36. The van der Waals surface area contributed by atoms with Gasteiger partial charge in [-0.3, -0.25) is 4.79 Å². The van der Waals surface area contributed by atoms with Gasteiger partial charge in [-0.25, -0.2) is 0 Å². The summed E-state index contributed by atoms with van der Waals surface area (Å²) in [5.41, 5.74) is 6.23. The Morgan fingerprint density at radius 3 is 2.60 bits per heavy atom. The molecule has 1 amide bonds. The van der Waals surface area contributed by atoms with E-state index in [0.717, 1.165) is 12.8 Å². The topological polar surface area (TPSA) is 75.4 Å². The number of amides is 1. The largest absolute Gasteiger partial charge is 0.386 e. The molecule has 0 aliphatic heterocycles. The van der Waals surface area contributed by atoms with E-state index in [4.69, 9.17) is 28.9 Å². The molecule has 110 valence electrons. The molecule has 1 aliphatic rings. The molecule has 0 radical (unpaired) electrons. The lowest BCUT2D eigenvalue weighted by Crippen LogP contribution is -2.33. The van der Waals surface area contributed by atoms with Crippen LogP contribution in [0.2, 0.25) is 10.0 Å². The number of halogens is 2. The third-order valence-electron chi connectivity index (χ3n) is 3.65. The molecule has 1 aliphatic carbocycles. The van der Waals surface area contributed by atoms with Gasteiger partial charge in [0.05, 0.1) is 6.10 Å². The van der Waals surface area contributed by atoms with Crippen LogP contribution in [0.5, 0.6) is 0 Å². The van der Waals surface area contributed by atoms with Gasteiger partial charge in [0.15, 0.2) is 0 Å². The van der Waals surface area contributed by atoms with Crippen molar-refractivity contribution in [2.24, 2.45) is 11.7 Å².